The number of carbonyl (C=O) groups excluding carboxylic acids is 3. The summed E-state index contributed by atoms with van der Waals surface area (Å²) in [6, 6.07) is 0.300. The maximum atomic E-state index is 13.8. The van der Waals surface area contributed by atoms with Gasteiger partial charge in [0.1, 0.15) is 0 Å². The molecule has 0 heterocycles. The van der Waals surface area contributed by atoms with Crippen LogP contribution in [0.15, 0.2) is 6.07 Å². The lowest BCUT2D eigenvalue weighted by atomic mass is 10.0. The van der Waals surface area contributed by atoms with Crippen LogP contribution < -0.4 is 4.74 Å². The fourth-order valence-corrected chi connectivity index (χ4v) is 1.49. The van der Waals surface area contributed by atoms with Crippen molar-refractivity contribution in [3.8, 4) is 5.75 Å². The van der Waals surface area contributed by atoms with Crippen LogP contribution in [0.4, 0.5) is 13.2 Å². The molecule has 114 valence electrons. The van der Waals surface area contributed by atoms with Gasteiger partial charge in [0.25, 0.3) is 0 Å². The number of hydrogen-bond acceptors (Lipinski definition) is 5. The van der Waals surface area contributed by atoms with Gasteiger partial charge >= 0.3 is 5.97 Å². The summed E-state index contributed by atoms with van der Waals surface area (Å²) in [6.07, 6.45) is -1.02. The Balaban J connectivity index is 3.06. The highest BCUT2D eigenvalue weighted by Crippen LogP contribution is 2.27. The summed E-state index contributed by atoms with van der Waals surface area (Å²) in [4.78, 5) is 34.1. The van der Waals surface area contributed by atoms with Crippen molar-refractivity contribution in [2.75, 3.05) is 13.7 Å². The molecular weight excluding hydrogens is 293 g/mol. The third kappa shape index (κ3) is 3.59. The van der Waals surface area contributed by atoms with Crippen LogP contribution in [0.3, 0.4) is 0 Å². The topological polar surface area (TPSA) is 69.7 Å². The van der Waals surface area contributed by atoms with Crippen molar-refractivity contribution in [2.24, 2.45) is 0 Å². The molecule has 0 radical (unpaired) electrons. The normalized spacial score (nSPS) is 10.1. The number of ketones is 2. The van der Waals surface area contributed by atoms with Gasteiger partial charge in [0.2, 0.25) is 11.6 Å². The fourth-order valence-electron chi connectivity index (χ4n) is 1.49. The number of carbonyl (C=O) groups is 3. The van der Waals surface area contributed by atoms with Gasteiger partial charge in [-0.1, -0.05) is 0 Å². The first-order valence-corrected chi connectivity index (χ1v) is 5.78. The number of hydrogen-bond donors (Lipinski definition) is 0. The van der Waals surface area contributed by atoms with E-state index in [9.17, 15) is 27.6 Å². The third-order valence-electron chi connectivity index (χ3n) is 2.44. The molecule has 0 aliphatic carbocycles. The first-order valence-electron chi connectivity index (χ1n) is 5.78. The van der Waals surface area contributed by atoms with Crippen molar-refractivity contribution in [1.82, 2.24) is 0 Å². The number of halogens is 3. The third-order valence-corrected chi connectivity index (χ3v) is 2.44. The average molecular weight is 304 g/mol. The molecule has 0 aromatic heterocycles. The van der Waals surface area contributed by atoms with Gasteiger partial charge in [-0.2, -0.15) is 4.39 Å². The zero-order valence-electron chi connectivity index (χ0n) is 11.2. The van der Waals surface area contributed by atoms with Crippen LogP contribution in [0, 0.1) is 17.5 Å². The Morgan fingerprint density at radius 3 is 2.29 bits per heavy atom. The van der Waals surface area contributed by atoms with Gasteiger partial charge in [-0.05, 0) is 13.0 Å². The zero-order chi connectivity index (χ0) is 16.2. The molecule has 0 aliphatic heterocycles. The Morgan fingerprint density at radius 1 is 1.14 bits per heavy atom. The summed E-state index contributed by atoms with van der Waals surface area (Å²) >= 11 is 0. The van der Waals surface area contributed by atoms with E-state index in [4.69, 9.17) is 0 Å². The highest BCUT2D eigenvalue weighted by Gasteiger charge is 2.26. The van der Waals surface area contributed by atoms with E-state index in [1.54, 1.807) is 0 Å². The molecule has 21 heavy (non-hydrogen) atoms. The second-order valence-corrected chi connectivity index (χ2v) is 3.81. The second kappa shape index (κ2) is 6.87. The van der Waals surface area contributed by atoms with Crippen molar-refractivity contribution < 1.29 is 37.0 Å². The first-order chi connectivity index (χ1) is 9.83. The maximum absolute atomic E-state index is 13.8. The van der Waals surface area contributed by atoms with Crippen molar-refractivity contribution in [1.29, 1.82) is 0 Å². The molecule has 1 rings (SSSR count). The molecule has 1 aromatic carbocycles. The molecule has 0 saturated carbocycles. The van der Waals surface area contributed by atoms with E-state index in [-0.39, 0.29) is 6.61 Å². The smallest absolute Gasteiger partial charge is 0.375 e. The SMILES string of the molecule is CCOC(=O)C(=O)CC(=O)c1cc(F)c(F)c(OC)c1F. The molecular formula is C13H11F3O5. The number of benzene rings is 1. The second-order valence-electron chi connectivity index (χ2n) is 3.81. The van der Waals surface area contributed by atoms with Gasteiger partial charge in [-0.25, -0.2) is 13.6 Å². The lowest BCUT2D eigenvalue weighted by Gasteiger charge is -2.08. The zero-order valence-corrected chi connectivity index (χ0v) is 11.2. The Kier molecular flexibility index (Phi) is 5.45. The monoisotopic (exact) mass is 304 g/mol. The standard InChI is InChI=1S/C13H11F3O5/c1-3-21-13(19)9(18)5-8(17)6-4-7(14)11(16)12(20-2)10(6)15/h4H,3,5H2,1-2H3. The summed E-state index contributed by atoms with van der Waals surface area (Å²) in [5, 5.41) is 0. The molecule has 5 nitrogen and oxygen atoms in total. The molecule has 0 bridgehead atoms. The largest absolute Gasteiger partial charge is 0.491 e. The first kappa shape index (κ1) is 16.7. The van der Waals surface area contributed by atoms with E-state index in [0.29, 0.717) is 6.07 Å². The molecule has 0 saturated heterocycles. The highest BCUT2D eigenvalue weighted by atomic mass is 19.2. The quantitative estimate of drug-likeness (QED) is 0.264. The Morgan fingerprint density at radius 2 is 1.76 bits per heavy atom. The van der Waals surface area contributed by atoms with Crippen molar-refractivity contribution in [2.45, 2.75) is 13.3 Å². The highest BCUT2D eigenvalue weighted by molar-refractivity contribution is 6.38. The minimum atomic E-state index is -1.59. The molecule has 0 spiro atoms. The number of esters is 1. The number of ether oxygens (including phenoxy) is 2. The Labute approximate surface area is 117 Å². The van der Waals surface area contributed by atoms with Gasteiger partial charge in [0.05, 0.1) is 25.7 Å². The van der Waals surface area contributed by atoms with E-state index in [0.717, 1.165) is 7.11 Å². The Bertz CT molecular complexity index is 598. The number of rotatable bonds is 6. The summed E-state index contributed by atoms with van der Waals surface area (Å²) < 4.78 is 48.9. The maximum Gasteiger partial charge on any atom is 0.375 e. The molecule has 8 heteroatoms. The van der Waals surface area contributed by atoms with Crippen LogP contribution in [-0.2, 0) is 14.3 Å². The summed E-state index contributed by atoms with van der Waals surface area (Å²) in [5.74, 6) is -9.31. The van der Waals surface area contributed by atoms with E-state index in [1.807, 2.05) is 0 Å². The van der Waals surface area contributed by atoms with E-state index < -0.39 is 52.7 Å². The van der Waals surface area contributed by atoms with Crippen molar-refractivity contribution >= 4 is 17.5 Å². The van der Waals surface area contributed by atoms with Gasteiger partial charge in [-0.15, -0.1) is 0 Å². The summed E-state index contributed by atoms with van der Waals surface area (Å²) in [6.45, 7) is 1.37. The van der Waals surface area contributed by atoms with Crippen LogP contribution >= 0.6 is 0 Å². The van der Waals surface area contributed by atoms with Crippen molar-refractivity contribution in [3.63, 3.8) is 0 Å². The van der Waals surface area contributed by atoms with Gasteiger partial charge < -0.3 is 9.47 Å². The van der Waals surface area contributed by atoms with Crippen molar-refractivity contribution in [3.05, 3.63) is 29.1 Å². The summed E-state index contributed by atoms with van der Waals surface area (Å²) in [5.41, 5.74) is -0.886. The van der Waals surface area contributed by atoms with Crippen LogP contribution in [0.25, 0.3) is 0 Å². The minimum absolute atomic E-state index is 0.0773. The average Bonchev–Trinajstić information content (AvgIpc) is 2.43. The lowest BCUT2D eigenvalue weighted by Crippen LogP contribution is -2.21. The predicted octanol–water partition coefficient (Wildman–Crippen LogP) is 1.82. The predicted molar refractivity (Wildman–Crippen MR) is 63.5 cm³/mol. The molecule has 0 N–H and O–H groups in total. The molecule has 1 aromatic rings. The van der Waals surface area contributed by atoms with Crippen LogP contribution in [0.1, 0.15) is 23.7 Å². The molecule has 0 amide bonds. The molecule has 0 aliphatic rings. The van der Waals surface area contributed by atoms with Crippen LogP contribution in [-0.4, -0.2) is 31.3 Å². The van der Waals surface area contributed by atoms with Gasteiger partial charge in [0.15, 0.2) is 23.2 Å². The molecule has 0 unspecified atom stereocenters. The van der Waals surface area contributed by atoms with E-state index in [2.05, 4.69) is 9.47 Å². The van der Waals surface area contributed by atoms with Gasteiger partial charge in [0, 0.05) is 0 Å². The molecule has 0 fully saturated rings. The van der Waals surface area contributed by atoms with Crippen LogP contribution in [0.2, 0.25) is 0 Å². The number of Topliss-reactive ketones (excluding diaryl/α,β-unsaturated/α-hetero) is 2. The lowest BCUT2D eigenvalue weighted by molar-refractivity contribution is -0.153. The number of methoxy groups -OCH3 is 1. The Hall–Kier alpha value is -2.38. The van der Waals surface area contributed by atoms with Crippen LogP contribution in [0.5, 0.6) is 5.75 Å². The molecule has 0 atom stereocenters. The van der Waals surface area contributed by atoms with E-state index >= 15 is 0 Å². The van der Waals surface area contributed by atoms with Gasteiger partial charge in [-0.3, -0.25) is 9.59 Å². The fraction of sp³-hybridized carbons (Fsp3) is 0.308. The summed E-state index contributed by atoms with van der Waals surface area (Å²) in [7, 11) is 0.888. The minimum Gasteiger partial charge on any atom is -0.491 e. The van der Waals surface area contributed by atoms with E-state index in [1.165, 1.54) is 6.92 Å².